The molecule has 0 aromatic heterocycles. The van der Waals surface area contributed by atoms with E-state index in [0.717, 1.165) is 16.6 Å². The lowest BCUT2D eigenvalue weighted by Gasteiger charge is -2.16. The Morgan fingerprint density at radius 1 is 1.24 bits per heavy atom. The number of rotatable bonds is 5. The smallest absolute Gasteiger partial charge is 0.142 e. The van der Waals surface area contributed by atoms with Gasteiger partial charge < -0.3 is 15.2 Å². The largest absolute Gasteiger partial charge is 0.495 e. The molecule has 2 rings (SSSR count). The van der Waals surface area contributed by atoms with E-state index in [0.29, 0.717) is 11.4 Å². The minimum atomic E-state index is -1.10. The van der Waals surface area contributed by atoms with E-state index in [4.69, 9.17) is 4.74 Å². The Balaban J connectivity index is 2.10. The summed E-state index contributed by atoms with van der Waals surface area (Å²) in [6.07, 6.45) is -1.10. The minimum absolute atomic E-state index is 0.0397. The van der Waals surface area contributed by atoms with Crippen molar-refractivity contribution in [3.8, 4) is 5.75 Å². The molecule has 0 amide bonds. The number of hydrogen-bond donors (Lipinski definition) is 2. The number of hydrogen-bond acceptors (Lipinski definition) is 3. The lowest BCUT2D eigenvalue weighted by atomic mass is 10.1. The van der Waals surface area contributed by atoms with Gasteiger partial charge in [-0.3, -0.25) is 0 Å². The van der Waals surface area contributed by atoms with Crippen LogP contribution in [0.4, 0.5) is 14.5 Å². The number of aliphatic hydroxyl groups is 1. The first-order valence-electron chi connectivity index (χ1n) is 6.21. The SMILES string of the molecule is COc1ccc(Br)cc1NCC(O)c1ccc(F)cc1F. The number of ether oxygens (including phenoxy) is 1. The van der Waals surface area contributed by atoms with Crippen LogP contribution in [0.2, 0.25) is 0 Å². The van der Waals surface area contributed by atoms with Gasteiger partial charge in [0.25, 0.3) is 0 Å². The van der Waals surface area contributed by atoms with Gasteiger partial charge in [0, 0.05) is 22.6 Å². The highest BCUT2D eigenvalue weighted by Crippen LogP contribution is 2.28. The maximum atomic E-state index is 13.6. The summed E-state index contributed by atoms with van der Waals surface area (Å²) >= 11 is 3.34. The van der Waals surface area contributed by atoms with Crippen molar-refractivity contribution in [2.24, 2.45) is 0 Å². The van der Waals surface area contributed by atoms with E-state index < -0.39 is 17.7 Å². The van der Waals surface area contributed by atoms with Crippen LogP contribution in [0, 0.1) is 11.6 Å². The second kappa shape index (κ2) is 6.87. The zero-order valence-electron chi connectivity index (χ0n) is 11.2. The summed E-state index contributed by atoms with van der Waals surface area (Å²) in [4.78, 5) is 0. The zero-order chi connectivity index (χ0) is 15.4. The van der Waals surface area contributed by atoms with Gasteiger partial charge in [0.2, 0.25) is 0 Å². The molecule has 3 nitrogen and oxygen atoms in total. The van der Waals surface area contributed by atoms with Gasteiger partial charge in [0.05, 0.1) is 18.9 Å². The van der Waals surface area contributed by atoms with E-state index in [1.807, 2.05) is 6.07 Å². The van der Waals surface area contributed by atoms with Gasteiger partial charge in [0.15, 0.2) is 0 Å². The molecular weight excluding hydrogens is 344 g/mol. The highest BCUT2D eigenvalue weighted by atomic mass is 79.9. The first kappa shape index (κ1) is 15.7. The molecule has 2 aromatic rings. The van der Waals surface area contributed by atoms with Crippen LogP contribution in [0.25, 0.3) is 0 Å². The van der Waals surface area contributed by atoms with Gasteiger partial charge in [-0.2, -0.15) is 0 Å². The fourth-order valence-electron chi connectivity index (χ4n) is 1.91. The highest BCUT2D eigenvalue weighted by molar-refractivity contribution is 9.10. The topological polar surface area (TPSA) is 41.5 Å². The summed E-state index contributed by atoms with van der Waals surface area (Å²) in [5, 5.41) is 13.0. The van der Waals surface area contributed by atoms with Gasteiger partial charge in [-0.25, -0.2) is 8.78 Å². The molecule has 1 atom stereocenters. The molecule has 2 N–H and O–H groups in total. The maximum absolute atomic E-state index is 13.6. The molecule has 0 saturated carbocycles. The van der Waals surface area contributed by atoms with Crippen molar-refractivity contribution in [1.29, 1.82) is 0 Å². The molecule has 0 aliphatic carbocycles. The van der Waals surface area contributed by atoms with Crippen LogP contribution in [-0.4, -0.2) is 18.8 Å². The van der Waals surface area contributed by atoms with Gasteiger partial charge in [-0.1, -0.05) is 22.0 Å². The first-order valence-corrected chi connectivity index (χ1v) is 7.01. The van der Waals surface area contributed by atoms with Crippen LogP contribution in [0.1, 0.15) is 11.7 Å². The number of methoxy groups -OCH3 is 1. The van der Waals surface area contributed by atoms with Crippen molar-refractivity contribution in [3.05, 3.63) is 58.1 Å². The molecule has 112 valence electrons. The summed E-state index contributed by atoms with van der Waals surface area (Å²) in [6.45, 7) is 0.0648. The number of halogens is 3. The summed E-state index contributed by atoms with van der Waals surface area (Å²) in [5.41, 5.74) is 0.700. The minimum Gasteiger partial charge on any atom is -0.495 e. The molecule has 0 aliphatic heterocycles. The Labute approximate surface area is 129 Å². The van der Waals surface area contributed by atoms with E-state index in [2.05, 4.69) is 21.2 Å². The summed E-state index contributed by atoms with van der Waals surface area (Å²) in [6, 6.07) is 8.46. The monoisotopic (exact) mass is 357 g/mol. The third-order valence-corrected chi connectivity index (χ3v) is 3.46. The standard InChI is InChI=1S/C15H14BrF2NO2/c1-21-15-5-2-9(16)6-13(15)19-8-14(20)11-4-3-10(17)7-12(11)18/h2-7,14,19-20H,8H2,1H3. The molecule has 0 radical (unpaired) electrons. The van der Waals surface area contributed by atoms with Crippen molar-refractivity contribution >= 4 is 21.6 Å². The molecule has 0 saturated heterocycles. The van der Waals surface area contributed by atoms with Gasteiger partial charge >= 0.3 is 0 Å². The molecule has 6 heteroatoms. The van der Waals surface area contributed by atoms with E-state index in [9.17, 15) is 13.9 Å². The Bertz CT molecular complexity index is 637. The predicted octanol–water partition coefficient (Wildman–Crippen LogP) is 3.88. The Morgan fingerprint density at radius 2 is 2.00 bits per heavy atom. The molecule has 0 heterocycles. The van der Waals surface area contributed by atoms with E-state index >= 15 is 0 Å². The molecule has 0 bridgehead atoms. The molecule has 0 spiro atoms. The predicted molar refractivity (Wildman–Crippen MR) is 80.5 cm³/mol. The number of anilines is 1. The third kappa shape index (κ3) is 3.92. The van der Waals surface area contributed by atoms with Crippen molar-refractivity contribution in [2.75, 3.05) is 19.0 Å². The van der Waals surface area contributed by atoms with Crippen molar-refractivity contribution in [3.63, 3.8) is 0 Å². The Hall–Kier alpha value is -1.66. The Kier molecular flexibility index (Phi) is 5.14. The zero-order valence-corrected chi connectivity index (χ0v) is 12.8. The lowest BCUT2D eigenvalue weighted by Crippen LogP contribution is -2.14. The summed E-state index contributed by atoms with van der Waals surface area (Å²) in [7, 11) is 1.53. The van der Waals surface area contributed by atoms with Crippen LogP contribution < -0.4 is 10.1 Å². The van der Waals surface area contributed by atoms with E-state index in [1.54, 1.807) is 12.1 Å². The van der Waals surface area contributed by atoms with Gasteiger partial charge in [-0.15, -0.1) is 0 Å². The fourth-order valence-corrected chi connectivity index (χ4v) is 2.27. The fraction of sp³-hybridized carbons (Fsp3) is 0.200. The van der Waals surface area contributed by atoms with Crippen LogP contribution in [-0.2, 0) is 0 Å². The van der Waals surface area contributed by atoms with Crippen molar-refractivity contribution in [1.82, 2.24) is 0 Å². The van der Waals surface area contributed by atoms with Gasteiger partial charge in [0.1, 0.15) is 17.4 Å². The van der Waals surface area contributed by atoms with Crippen LogP contribution in [0.3, 0.4) is 0 Å². The average Bonchev–Trinajstić information content (AvgIpc) is 2.45. The lowest BCUT2D eigenvalue weighted by molar-refractivity contribution is 0.186. The highest BCUT2D eigenvalue weighted by Gasteiger charge is 2.14. The van der Waals surface area contributed by atoms with Crippen LogP contribution in [0.5, 0.6) is 5.75 Å². The number of nitrogens with one attached hydrogen (secondary N) is 1. The first-order chi connectivity index (χ1) is 10.0. The molecule has 0 fully saturated rings. The second-order valence-electron chi connectivity index (χ2n) is 4.41. The summed E-state index contributed by atoms with van der Waals surface area (Å²) in [5.74, 6) is -0.847. The molecule has 2 aromatic carbocycles. The van der Waals surface area contributed by atoms with E-state index in [1.165, 1.54) is 13.2 Å². The van der Waals surface area contributed by atoms with Crippen LogP contribution in [0.15, 0.2) is 40.9 Å². The van der Waals surface area contributed by atoms with E-state index in [-0.39, 0.29) is 12.1 Å². The van der Waals surface area contributed by atoms with Crippen molar-refractivity contribution in [2.45, 2.75) is 6.10 Å². The Morgan fingerprint density at radius 3 is 2.67 bits per heavy atom. The summed E-state index contributed by atoms with van der Waals surface area (Å²) < 4.78 is 32.5. The molecule has 0 aliphatic rings. The van der Waals surface area contributed by atoms with Crippen molar-refractivity contribution < 1.29 is 18.6 Å². The quantitative estimate of drug-likeness (QED) is 0.853. The second-order valence-corrected chi connectivity index (χ2v) is 5.32. The molecule has 21 heavy (non-hydrogen) atoms. The van der Waals surface area contributed by atoms with Gasteiger partial charge in [-0.05, 0) is 24.3 Å². The third-order valence-electron chi connectivity index (χ3n) is 2.97. The molecule has 1 unspecified atom stereocenters. The number of aliphatic hydroxyl groups excluding tert-OH is 1. The van der Waals surface area contributed by atoms with Crippen LogP contribution >= 0.6 is 15.9 Å². The maximum Gasteiger partial charge on any atom is 0.142 e. The normalized spacial score (nSPS) is 12.0. The number of benzene rings is 2. The average molecular weight is 358 g/mol. The molecular formula is C15H14BrF2NO2.